The van der Waals surface area contributed by atoms with Gasteiger partial charge in [-0.3, -0.25) is 9.13 Å². The average Bonchev–Trinajstić information content (AvgIpc) is 1.53. The molecule has 0 aliphatic carbocycles. The Morgan fingerprint density at radius 3 is 1.40 bits per heavy atom. The van der Waals surface area contributed by atoms with Gasteiger partial charge in [-0.25, -0.2) is 19.9 Å². The van der Waals surface area contributed by atoms with E-state index >= 15 is 0 Å². The third kappa shape index (κ3) is 9.66. The molecule has 538 valence electrons. The minimum absolute atomic E-state index is 0.659. The number of hydrogen-bond acceptors (Lipinski definition) is 7. The molecule has 0 aliphatic rings. The van der Waals surface area contributed by atoms with E-state index in [0.717, 1.165) is 121 Å². The highest BCUT2D eigenvalue weighted by molar-refractivity contribution is 7.27. The Balaban J connectivity index is 0.000000134. The summed E-state index contributed by atoms with van der Waals surface area (Å²) >= 11 is 3.75. The van der Waals surface area contributed by atoms with E-state index in [4.69, 9.17) is 24.4 Å². The van der Waals surface area contributed by atoms with Gasteiger partial charge in [-0.15, -0.1) is 22.7 Å². The molecule has 26 rings (SSSR count). The van der Waals surface area contributed by atoms with E-state index in [2.05, 4.69) is 366 Å². The molecular formula is C106H61N7OS2. The lowest BCUT2D eigenvalue weighted by molar-refractivity contribution is 0.669. The second-order valence-electron chi connectivity index (χ2n) is 30.2. The van der Waals surface area contributed by atoms with Gasteiger partial charge in [0.15, 0.2) is 0 Å². The number of thiophene rings is 2. The van der Waals surface area contributed by atoms with Gasteiger partial charge in [0.25, 0.3) is 0 Å². The lowest BCUT2D eigenvalue weighted by Gasteiger charge is -2.14. The molecule has 0 amide bonds. The van der Waals surface area contributed by atoms with Gasteiger partial charge in [0, 0.05) is 107 Å². The maximum absolute atomic E-state index is 6.23. The molecule has 0 atom stereocenters. The highest BCUT2D eigenvalue weighted by atomic mass is 32.1. The summed E-state index contributed by atoms with van der Waals surface area (Å²) in [5, 5.41) is 24.0. The Morgan fingerprint density at radius 1 is 0.233 bits per heavy atom. The summed E-state index contributed by atoms with van der Waals surface area (Å²) in [7, 11) is 0. The van der Waals surface area contributed by atoms with Gasteiger partial charge in [-0.1, -0.05) is 273 Å². The van der Waals surface area contributed by atoms with Crippen LogP contribution in [0.4, 0.5) is 0 Å². The molecule has 0 spiro atoms. The molecule has 18 aromatic carbocycles. The minimum atomic E-state index is 0.659. The molecule has 0 radical (unpaired) electrons. The zero-order valence-electron chi connectivity index (χ0n) is 62.1. The quantitative estimate of drug-likeness (QED) is 0.149. The molecule has 26 aromatic rings. The van der Waals surface area contributed by atoms with Gasteiger partial charge in [-0.05, 0) is 146 Å². The van der Waals surface area contributed by atoms with Crippen LogP contribution in [-0.4, -0.2) is 33.6 Å². The molecule has 0 unspecified atom stereocenters. The largest absolute Gasteiger partial charge is 0.456 e. The lowest BCUT2D eigenvalue weighted by Crippen LogP contribution is -2.04. The van der Waals surface area contributed by atoms with Gasteiger partial charge in [0.1, 0.15) is 11.2 Å². The summed E-state index contributed by atoms with van der Waals surface area (Å²) < 4.78 is 18.4. The Bertz CT molecular complexity index is 8680. The van der Waals surface area contributed by atoms with Crippen LogP contribution in [0.1, 0.15) is 0 Å². The van der Waals surface area contributed by atoms with Crippen LogP contribution in [0.2, 0.25) is 0 Å². The molecule has 8 aromatic heterocycles. The molecule has 0 bridgehead atoms. The van der Waals surface area contributed by atoms with Crippen molar-refractivity contribution < 1.29 is 4.42 Å². The highest BCUT2D eigenvalue weighted by Gasteiger charge is 2.28. The molecule has 8 nitrogen and oxygen atoms in total. The van der Waals surface area contributed by atoms with Crippen LogP contribution in [0.5, 0.6) is 0 Å². The van der Waals surface area contributed by atoms with Crippen LogP contribution >= 0.6 is 22.7 Å². The van der Waals surface area contributed by atoms with Crippen LogP contribution in [0.25, 0.3) is 244 Å². The molecular weight excluding hydrogens is 1450 g/mol. The summed E-state index contributed by atoms with van der Waals surface area (Å²) in [6, 6.07) is 133. The van der Waals surface area contributed by atoms with Crippen molar-refractivity contribution in [2.24, 2.45) is 0 Å². The van der Waals surface area contributed by atoms with Crippen LogP contribution in [0, 0.1) is 0 Å². The summed E-state index contributed by atoms with van der Waals surface area (Å²) in [4.78, 5) is 21.6. The van der Waals surface area contributed by atoms with Gasteiger partial charge in [-0.2, -0.15) is 0 Å². The third-order valence-electron chi connectivity index (χ3n) is 23.9. The number of hydrogen-bond donors (Lipinski definition) is 0. The second kappa shape index (κ2) is 25.3. The first-order chi connectivity index (χ1) is 57.5. The zero-order valence-corrected chi connectivity index (χ0v) is 63.7. The van der Waals surface area contributed by atoms with Gasteiger partial charge in [0.05, 0.1) is 64.9 Å². The third-order valence-corrected chi connectivity index (χ3v) is 26.2. The first-order valence-corrected chi connectivity index (χ1v) is 40.9. The number of furan rings is 1. The van der Waals surface area contributed by atoms with E-state index in [0.29, 0.717) is 11.9 Å². The van der Waals surface area contributed by atoms with Crippen molar-refractivity contribution in [1.29, 1.82) is 0 Å². The van der Waals surface area contributed by atoms with E-state index in [1.54, 1.807) is 0 Å². The van der Waals surface area contributed by atoms with Crippen molar-refractivity contribution in [2.45, 2.75) is 0 Å². The Morgan fingerprint density at radius 2 is 0.698 bits per heavy atom. The molecule has 0 saturated heterocycles. The first-order valence-electron chi connectivity index (χ1n) is 39.2. The Kier molecular flexibility index (Phi) is 14.1. The molecule has 0 fully saturated rings. The predicted molar refractivity (Wildman–Crippen MR) is 489 cm³/mol. The van der Waals surface area contributed by atoms with Crippen molar-refractivity contribution in [3.8, 4) is 62.4 Å². The molecule has 116 heavy (non-hydrogen) atoms. The summed E-state index contributed by atoms with van der Waals surface area (Å²) in [6.45, 7) is 0. The molecule has 0 saturated carbocycles. The van der Waals surface area contributed by atoms with E-state index in [-0.39, 0.29) is 0 Å². The number of nitrogens with zero attached hydrogens (tertiary/aromatic N) is 7. The fourth-order valence-corrected chi connectivity index (χ4v) is 21.3. The molecule has 0 aliphatic heterocycles. The fourth-order valence-electron chi connectivity index (χ4n) is 18.8. The number of para-hydroxylation sites is 4. The number of rotatable bonds is 7. The summed E-state index contributed by atoms with van der Waals surface area (Å²) in [5.41, 5.74) is 20.2. The topological polar surface area (TPSA) is 79.5 Å². The van der Waals surface area contributed by atoms with Crippen LogP contribution < -0.4 is 0 Å². The van der Waals surface area contributed by atoms with Crippen molar-refractivity contribution in [1.82, 2.24) is 33.6 Å². The van der Waals surface area contributed by atoms with Gasteiger partial charge < -0.3 is 8.98 Å². The summed E-state index contributed by atoms with van der Waals surface area (Å²) in [6.07, 6.45) is 0. The average molecular weight is 1510 g/mol. The van der Waals surface area contributed by atoms with Crippen LogP contribution in [0.3, 0.4) is 0 Å². The van der Waals surface area contributed by atoms with Crippen molar-refractivity contribution in [3.63, 3.8) is 0 Å². The first kappa shape index (κ1) is 64.7. The van der Waals surface area contributed by atoms with Crippen molar-refractivity contribution >= 4 is 204 Å². The maximum Gasteiger partial charge on any atom is 0.235 e. The Labute approximate surface area is 670 Å². The van der Waals surface area contributed by atoms with Gasteiger partial charge in [0.2, 0.25) is 11.9 Å². The highest BCUT2D eigenvalue weighted by Crippen LogP contribution is 2.52. The second-order valence-corrected chi connectivity index (χ2v) is 32.3. The number of fused-ring (bicyclic) bond motifs is 30. The van der Waals surface area contributed by atoms with Crippen molar-refractivity contribution in [2.75, 3.05) is 0 Å². The van der Waals surface area contributed by atoms with E-state index < -0.39 is 0 Å². The van der Waals surface area contributed by atoms with Crippen LogP contribution in [0.15, 0.2) is 374 Å². The van der Waals surface area contributed by atoms with E-state index in [1.165, 1.54) is 111 Å². The SMILES string of the molecule is c1ccc(-c2cccc(-n3c4ccc(-c5ccc6c(c5)c5ccccc5n6-c5nc(-c6ccccc6)c6ccccc6n5)cc4c4c5ccccc5c5c6ccccc6sc5c43)c2)cc1.c1ccc2c(c1)ccc1c(-c3ccc4oc5ccccc5c4c3)nc(-n3c4ccccc4c4c5ccccc5c5c6ccccc6sc5c43)nc12. The van der Waals surface area contributed by atoms with E-state index in [1.807, 2.05) is 40.9 Å². The normalized spacial score (nSPS) is 12.1. The van der Waals surface area contributed by atoms with Gasteiger partial charge >= 0.3 is 0 Å². The Hall–Kier alpha value is -14.9. The molecule has 0 N–H and O–H groups in total. The maximum atomic E-state index is 6.23. The summed E-state index contributed by atoms with van der Waals surface area (Å²) in [5.74, 6) is 1.32. The molecule has 10 heteroatoms. The fraction of sp³-hybridized carbons (Fsp3) is 0. The molecule has 8 heterocycles. The van der Waals surface area contributed by atoms with Crippen molar-refractivity contribution in [3.05, 3.63) is 370 Å². The number of aromatic nitrogens is 7. The smallest absolute Gasteiger partial charge is 0.235 e. The minimum Gasteiger partial charge on any atom is -0.456 e. The lowest BCUT2D eigenvalue weighted by atomic mass is 9.97. The van der Waals surface area contributed by atoms with Crippen LogP contribution in [-0.2, 0) is 0 Å². The predicted octanol–water partition coefficient (Wildman–Crippen LogP) is 29.3. The standard InChI is InChI=1S/C60H36N4S.C46H25N3OS/c1-3-16-37(17-4-1)39-20-15-21-42(34-39)63-53-33-31-41(36-49(53)55-44-23-7-8-24-45(44)56-47-26-11-14-29-54(47)65-59(56)58(55)63)40-30-32-52-48(35-40)43-22-10-13-28-51(43)64(52)60-61-50-27-12-9-25-46(50)57(62-60)38-18-5-2-6-19-38;1-2-12-28-26(11-1)21-23-34-42(27-22-24-38-35(25-27)29-13-6-9-19-37(29)50-38)47-46(48-43(28)34)49-36-18-8-5-16-32(36)40-30-14-3-4-15-31(30)41-33-17-7-10-20-39(33)51-45(41)44(40)49/h1-36H;1-25H. The number of benzene rings is 18. The zero-order chi connectivity index (χ0) is 75.8. The monoisotopic (exact) mass is 1510 g/mol. The van der Waals surface area contributed by atoms with E-state index in [9.17, 15) is 0 Å².